The molecule has 0 aliphatic carbocycles. The molecule has 0 saturated carbocycles. The molecule has 0 radical (unpaired) electrons. The minimum Gasteiger partial charge on any atom is -0.297 e. The van der Waals surface area contributed by atoms with Crippen molar-refractivity contribution in [1.82, 2.24) is 18.3 Å². The number of aromatic nitrogens is 4. The predicted octanol–water partition coefficient (Wildman–Crippen LogP) is 2.46. The molecule has 192 valence electrons. The van der Waals surface area contributed by atoms with Crippen molar-refractivity contribution in [2.75, 3.05) is 0 Å². The lowest BCUT2D eigenvalue weighted by atomic mass is 10.2. The topological polar surface area (TPSA) is 122 Å². The molecule has 0 aliphatic heterocycles. The van der Waals surface area contributed by atoms with Crippen LogP contribution in [0.1, 0.15) is 47.0 Å². The standard InChI is InChI=1S/2C12H14N2O3S/c2*1-7(2)5-14-11-9(4-8(6-15)18-11)10(16)13(3)12(14)17/h2*4,6-7H,5H2,1-3H3. The molecule has 0 spiro atoms. The number of aldehydes is 2. The maximum atomic E-state index is 12.1. The van der Waals surface area contributed by atoms with E-state index in [4.69, 9.17) is 0 Å². The van der Waals surface area contributed by atoms with Crippen LogP contribution < -0.4 is 22.5 Å². The van der Waals surface area contributed by atoms with Crippen molar-refractivity contribution >= 4 is 55.7 Å². The maximum absolute atomic E-state index is 12.1. The van der Waals surface area contributed by atoms with Gasteiger partial charge in [0.15, 0.2) is 12.6 Å². The van der Waals surface area contributed by atoms with E-state index < -0.39 is 0 Å². The van der Waals surface area contributed by atoms with Gasteiger partial charge in [-0.25, -0.2) is 9.59 Å². The molecule has 4 aromatic heterocycles. The van der Waals surface area contributed by atoms with Crippen molar-refractivity contribution in [2.24, 2.45) is 25.9 Å². The van der Waals surface area contributed by atoms with E-state index in [9.17, 15) is 28.8 Å². The average Bonchev–Trinajstić information content (AvgIpc) is 3.47. The molecule has 0 aliphatic rings. The first-order valence-corrected chi connectivity index (χ1v) is 12.9. The highest BCUT2D eigenvalue weighted by molar-refractivity contribution is 7.20. The summed E-state index contributed by atoms with van der Waals surface area (Å²) in [6, 6.07) is 3.09. The van der Waals surface area contributed by atoms with Crippen molar-refractivity contribution in [3.8, 4) is 0 Å². The lowest BCUT2D eigenvalue weighted by Crippen LogP contribution is -2.38. The summed E-state index contributed by atoms with van der Waals surface area (Å²) in [4.78, 5) is 71.8. The van der Waals surface area contributed by atoms with Gasteiger partial charge in [-0.15, -0.1) is 22.7 Å². The number of hydrogen-bond acceptors (Lipinski definition) is 8. The van der Waals surface area contributed by atoms with Crippen LogP contribution in [0.3, 0.4) is 0 Å². The van der Waals surface area contributed by atoms with E-state index in [0.29, 0.717) is 55.8 Å². The molecule has 4 heterocycles. The summed E-state index contributed by atoms with van der Waals surface area (Å²) >= 11 is 2.37. The van der Waals surface area contributed by atoms with Gasteiger partial charge in [0.05, 0.1) is 20.5 Å². The zero-order valence-corrected chi connectivity index (χ0v) is 22.6. The van der Waals surface area contributed by atoms with Gasteiger partial charge in [0, 0.05) is 27.2 Å². The van der Waals surface area contributed by atoms with Gasteiger partial charge in [0.2, 0.25) is 0 Å². The smallest absolute Gasteiger partial charge is 0.297 e. The number of nitrogens with zero attached hydrogens (tertiary/aromatic N) is 4. The maximum Gasteiger partial charge on any atom is 0.331 e. The van der Waals surface area contributed by atoms with Crippen molar-refractivity contribution < 1.29 is 9.59 Å². The summed E-state index contributed by atoms with van der Waals surface area (Å²) in [6.07, 6.45) is 1.41. The van der Waals surface area contributed by atoms with Crippen LogP contribution in [0.4, 0.5) is 0 Å². The minimum atomic E-state index is -0.348. The van der Waals surface area contributed by atoms with E-state index >= 15 is 0 Å². The van der Waals surface area contributed by atoms with Crippen molar-refractivity contribution in [3.63, 3.8) is 0 Å². The summed E-state index contributed by atoms with van der Waals surface area (Å²) in [5.41, 5.74) is -1.36. The van der Waals surface area contributed by atoms with Crippen LogP contribution in [0.2, 0.25) is 0 Å². The predicted molar refractivity (Wildman–Crippen MR) is 143 cm³/mol. The van der Waals surface area contributed by atoms with Crippen molar-refractivity contribution in [3.05, 3.63) is 63.6 Å². The largest absolute Gasteiger partial charge is 0.331 e. The van der Waals surface area contributed by atoms with E-state index in [-0.39, 0.29) is 34.3 Å². The molecular weight excluding hydrogens is 504 g/mol. The fraction of sp³-hybridized carbons (Fsp3) is 0.417. The zero-order chi connectivity index (χ0) is 26.9. The van der Waals surface area contributed by atoms with E-state index in [0.717, 1.165) is 9.13 Å². The zero-order valence-electron chi connectivity index (χ0n) is 20.9. The van der Waals surface area contributed by atoms with E-state index in [1.807, 2.05) is 27.7 Å². The molecule has 0 bridgehead atoms. The Morgan fingerprint density at radius 2 is 1.03 bits per heavy atom. The molecule has 0 atom stereocenters. The van der Waals surface area contributed by atoms with Crippen LogP contribution in [0.5, 0.6) is 0 Å². The number of fused-ring (bicyclic) bond motifs is 2. The minimum absolute atomic E-state index is 0.283. The number of hydrogen-bond donors (Lipinski definition) is 0. The fourth-order valence-electron chi connectivity index (χ4n) is 3.75. The van der Waals surface area contributed by atoms with Crippen LogP contribution >= 0.6 is 22.7 Å². The van der Waals surface area contributed by atoms with Crippen LogP contribution in [-0.4, -0.2) is 30.8 Å². The quantitative estimate of drug-likeness (QED) is 0.352. The molecule has 0 fully saturated rings. The van der Waals surface area contributed by atoms with Gasteiger partial charge in [-0.05, 0) is 24.0 Å². The van der Waals surface area contributed by atoms with Crippen molar-refractivity contribution in [2.45, 2.75) is 40.8 Å². The van der Waals surface area contributed by atoms with Gasteiger partial charge in [-0.3, -0.25) is 37.4 Å². The molecule has 4 aromatic rings. The molecule has 0 unspecified atom stereocenters. The third-order valence-corrected chi connectivity index (χ3v) is 7.55. The van der Waals surface area contributed by atoms with Crippen LogP contribution in [-0.2, 0) is 27.2 Å². The SMILES string of the molecule is CC(C)Cn1c(=O)n(C)c(=O)c2cc(C=O)sc21.CC(C)Cn1c(=O)n(C)c(=O)c2cc(C=O)sc21. The van der Waals surface area contributed by atoms with Gasteiger partial charge in [-0.1, -0.05) is 27.7 Å². The molecule has 10 nitrogen and oxygen atoms in total. The Morgan fingerprint density at radius 1 is 0.694 bits per heavy atom. The summed E-state index contributed by atoms with van der Waals surface area (Å²) in [7, 11) is 2.92. The number of carbonyl (C=O) groups excluding carboxylic acids is 2. The highest BCUT2D eigenvalue weighted by Gasteiger charge is 2.16. The summed E-state index contributed by atoms with van der Waals surface area (Å²) in [6.45, 7) is 9.05. The third kappa shape index (κ3) is 5.09. The van der Waals surface area contributed by atoms with Crippen LogP contribution in [0.25, 0.3) is 20.4 Å². The Kier molecular flexibility index (Phi) is 8.09. The van der Waals surface area contributed by atoms with Gasteiger partial charge < -0.3 is 0 Å². The number of carbonyl (C=O) groups is 2. The van der Waals surface area contributed by atoms with E-state index in [1.165, 1.54) is 36.8 Å². The first kappa shape index (κ1) is 27.2. The van der Waals surface area contributed by atoms with E-state index in [2.05, 4.69) is 0 Å². The highest BCUT2D eigenvalue weighted by atomic mass is 32.1. The van der Waals surface area contributed by atoms with Gasteiger partial charge in [0.1, 0.15) is 9.66 Å². The Balaban J connectivity index is 0.000000201. The molecule has 0 amide bonds. The average molecular weight is 533 g/mol. The molecule has 0 aromatic carbocycles. The molecular formula is C24H28N4O6S2. The van der Waals surface area contributed by atoms with Gasteiger partial charge in [-0.2, -0.15) is 0 Å². The molecule has 4 rings (SSSR count). The Hall–Kier alpha value is -3.38. The van der Waals surface area contributed by atoms with Crippen LogP contribution in [0, 0.1) is 11.8 Å². The third-order valence-electron chi connectivity index (χ3n) is 5.39. The Morgan fingerprint density at radius 3 is 1.31 bits per heavy atom. The second kappa shape index (κ2) is 10.7. The summed E-state index contributed by atoms with van der Waals surface area (Å²) in [5, 5.41) is 0.870. The lowest BCUT2D eigenvalue weighted by Gasteiger charge is -2.11. The van der Waals surface area contributed by atoms with Gasteiger partial charge >= 0.3 is 11.4 Å². The first-order chi connectivity index (χ1) is 16.9. The van der Waals surface area contributed by atoms with Crippen molar-refractivity contribution in [1.29, 1.82) is 0 Å². The fourth-order valence-corrected chi connectivity index (χ4v) is 5.68. The summed E-state index contributed by atoms with van der Waals surface area (Å²) < 4.78 is 5.32. The second-order valence-corrected chi connectivity index (χ2v) is 11.4. The number of thiophene rings is 2. The van der Waals surface area contributed by atoms with Crippen LogP contribution in [0.15, 0.2) is 31.3 Å². The lowest BCUT2D eigenvalue weighted by molar-refractivity contribution is 0.111. The van der Waals surface area contributed by atoms with E-state index in [1.54, 1.807) is 21.3 Å². The molecule has 36 heavy (non-hydrogen) atoms. The first-order valence-electron chi connectivity index (χ1n) is 11.3. The monoisotopic (exact) mass is 532 g/mol. The summed E-state index contributed by atoms with van der Waals surface area (Å²) in [5.74, 6) is 0.565. The number of rotatable bonds is 6. The molecule has 0 N–H and O–H groups in total. The second-order valence-electron chi connectivity index (χ2n) is 9.27. The molecule has 0 saturated heterocycles. The molecule has 12 heteroatoms. The Bertz CT molecular complexity index is 1570. The Labute approximate surface area is 213 Å². The highest BCUT2D eigenvalue weighted by Crippen LogP contribution is 2.22. The normalized spacial score (nSPS) is 11.3. The van der Waals surface area contributed by atoms with Gasteiger partial charge in [0.25, 0.3) is 11.1 Å².